The van der Waals surface area contributed by atoms with Gasteiger partial charge in [-0.3, -0.25) is 9.59 Å². The number of halogens is 2. The molecule has 3 N–H and O–H groups in total. The molecule has 0 saturated heterocycles. The molecule has 3 aromatic rings. The molecule has 0 saturated carbocycles. The van der Waals surface area contributed by atoms with Crippen LogP contribution in [0.4, 0.5) is 14.6 Å². The number of aryl methyl sites for hydroxylation is 2. The predicted molar refractivity (Wildman–Crippen MR) is 138 cm³/mol. The van der Waals surface area contributed by atoms with Crippen LogP contribution in [0.3, 0.4) is 0 Å². The summed E-state index contributed by atoms with van der Waals surface area (Å²) < 4.78 is 29.3. The Morgan fingerprint density at radius 3 is 2.65 bits per heavy atom. The van der Waals surface area contributed by atoms with Gasteiger partial charge in [0.25, 0.3) is 0 Å². The summed E-state index contributed by atoms with van der Waals surface area (Å²) >= 11 is 0. The number of amides is 2. The molecule has 1 unspecified atom stereocenters. The fourth-order valence-electron chi connectivity index (χ4n) is 4.51. The molecule has 0 fully saturated rings. The minimum absolute atomic E-state index is 0.109. The van der Waals surface area contributed by atoms with Gasteiger partial charge < -0.3 is 20.5 Å². The molecule has 1 aliphatic rings. The molecule has 7 nitrogen and oxygen atoms in total. The van der Waals surface area contributed by atoms with E-state index in [2.05, 4.69) is 20.9 Å². The van der Waals surface area contributed by atoms with Crippen LogP contribution in [0.15, 0.2) is 48.9 Å². The minimum atomic E-state index is -0.927. The quantitative estimate of drug-likeness (QED) is 0.429. The van der Waals surface area contributed by atoms with Crippen molar-refractivity contribution in [1.29, 1.82) is 0 Å². The fourth-order valence-corrected chi connectivity index (χ4v) is 4.51. The zero-order valence-corrected chi connectivity index (χ0v) is 21.6. The van der Waals surface area contributed by atoms with Gasteiger partial charge in [-0.15, -0.1) is 0 Å². The molecule has 2 aromatic carbocycles. The highest BCUT2D eigenvalue weighted by molar-refractivity contribution is 5.93. The van der Waals surface area contributed by atoms with E-state index < -0.39 is 23.2 Å². The van der Waals surface area contributed by atoms with Gasteiger partial charge >= 0.3 is 0 Å². The number of nitrogens with zero attached hydrogens (tertiary/aromatic N) is 2. The molecular formula is C28H33F2N5O2. The normalized spacial score (nSPS) is 16.1. The molecule has 1 aliphatic carbocycles. The van der Waals surface area contributed by atoms with E-state index >= 15 is 0 Å². The van der Waals surface area contributed by atoms with Crippen molar-refractivity contribution >= 4 is 17.6 Å². The number of hydrogen-bond acceptors (Lipinski definition) is 4. The van der Waals surface area contributed by atoms with Gasteiger partial charge in [0.1, 0.15) is 17.2 Å². The second-order valence-electron chi connectivity index (χ2n) is 10.2. The molecule has 196 valence electrons. The first-order valence-electron chi connectivity index (χ1n) is 12.4. The topological polar surface area (TPSA) is 88.1 Å². The van der Waals surface area contributed by atoms with Crippen molar-refractivity contribution in [3.63, 3.8) is 0 Å². The highest BCUT2D eigenvalue weighted by Crippen LogP contribution is 2.25. The summed E-state index contributed by atoms with van der Waals surface area (Å²) in [4.78, 5) is 29.9. The van der Waals surface area contributed by atoms with E-state index in [1.54, 1.807) is 31.5 Å². The maximum Gasteiger partial charge on any atom is 0.245 e. The van der Waals surface area contributed by atoms with Gasteiger partial charge in [-0.1, -0.05) is 29.8 Å². The molecule has 9 heteroatoms. The first-order valence-corrected chi connectivity index (χ1v) is 12.4. The summed E-state index contributed by atoms with van der Waals surface area (Å²) in [6.07, 6.45) is 4.74. The van der Waals surface area contributed by atoms with Gasteiger partial charge in [0, 0.05) is 24.8 Å². The molecule has 2 amide bonds. The molecule has 2 atom stereocenters. The number of hydrogen-bond donors (Lipinski definition) is 3. The number of carbonyl (C=O) groups is 2. The number of fused-ring (bicyclic) bond motifs is 1. The average molecular weight is 510 g/mol. The van der Waals surface area contributed by atoms with Crippen molar-refractivity contribution in [1.82, 2.24) is 20.2 Å². The van der Waals surface area contributed by atoms with Gasteiger partial charge in [0.15, 0.2) is 5.82 Å². The Morgan fingerprint density at radius 2 is 1.92 bits per heavy atom. The number of benzene rings is 2. The Balaban J connectivity index is 1.31. The summed E-state index contributed by atoms with van der Waals surface area (Å²) in [6, 6.07) is 9.56. The van der Waals surface area contributed by atoms with Crippen LogP contribution in [0.25, 0.3) is 0 Å². The number of nitrogens with one attached hydrogen (secondary N) is 3. The van der Waals surface area contributed by atoms with Crippen molar-refractivity contribution < 1.29 is 18.4 Å². The van der Waals surface area contributed by atoms with Crippen molar-refractivity contribution in [2.45, 2.75) is 71.1 Å². The molecule has 0 bridgehead atoms. The van der Waals surface area contributed by atoms with Crippen LogP contribution in [-0.2, 0) is 34.5 Å². The third-order valence-electron chi connectivity index (χ3n) is 6.95. The molecular weight excluding hydrogens is 476 g/mol. The summed E-state index contributed by atoms with van der Waals surface area (Å²) in [5.41, 5.74) is 2.42. The highest BCUT2D eigenvalue weighted by atomic mass is 19.1. The van der Waals surface area contributed by atoms with E-state index in [1.807, 2.05) is 31.2 Å². The van der Waals surface area contributed by atoms with Gasteiger partial charge in [-0.2, -0.15) is 0 Å². The van der Waals surface area contributed by atoms with Gasteiger partial charge in [0.2, 0.25) is 11.8 Å². The summed E-state index contributed by atoms with van der Waals surface area (Å²) in [7, 11) is 0. The number of anilines is 1. The van der Waals surface area contributed by atoms with Crippen molar-refractivity contribution in [2.75, 3.05) is 5.32 Å². The van der Waals surface area contributed by atoms with Crippen LogP contribution in [0.5, 0.6) is 0 Å². The second kappa shape index (κ2) is 10.8. The van der Waals surface area contributed by atoms with Crippen molar-refractivity contribution in [2.24, 2.45) is 0 Å². The van der Waals surface area contributed by atoms with Crippen LogP contribution < -0.4 is 16.0 Å². The zero-order chi connectivity index (χ0) is 26.7. The monoisotopic (exact) mass is 509 g/mol. The number of rotatable bonds is 8. The standard InChI is InChI=1S/C28H33F2N5O2/c1-17-5-7-19(8-6-17)14-31-27(37)28(3,4)35-15-25(32-16-35)34-26(36)18(2)33-22-10-9-20-11-21(29)12-24(30)23(20)13-22/h5-8,11-12,15-16,18,22,33H,9-10,13-14H2,1-4H3,(H,31,37)(H,34,36)/t18-,22?/m0/s1. The predicted octanol–water partition coefficient (Wildman–Crippen LogP) is 4.00. The van der Waals surface area contributed by atoms with Crippen LogP contribution in [0, 0.1) is 18.6 Å². The van der Waals surface area contributed by atoms with E-state index in [0.717, 1.165) is 17.2 Å². The van der Waals surface area contributed by atoms with E-state index in [0.29, 0.717) is 42.8 Å². The molecule has 0 radical (unpaired) electrons. The van der Waals surface area contributed by atoms with Gasteiger partial charge in [-0.05, 0) is 69.7 Å². The lowest BCUT2D eigenvalue weighted by atomic mass is 9.87. The Hall–Kier alpha value is -3.59. The Kier molecular flexibility index (Phi) is 7.73. The molecule has 37 heavy (non-hydrogen) atoms. The first-order chi connectivity index (χ1) is 17.5. The highest BCUT2D eigenvalue weighted by Gasteiger charge is 2.30. The maximum atomic E-state index is 14.2. The van der Waals surface area contributed by atoms with Crippen molar-refractivity contribution in [3.8, 4) is 0 Å². The summed E-state index contributed by atoms with van der Waals surface area (Å²) in [5, 5.41) is 8.97. The third kappa shape index (κ3) is 6.22. The van der Waals surface area contributed by atoms with E-state index in [4.69, 9.17) is 0 Å². The molecule has 0 spiro atoms. The second-order valence-corrected chi connectivity index (χ2v) is 10.2. The molecule has 0 aliphatic heterocycles. The SMILES string of the molecule is Cc1ccc(CNC(=O)C(C)(C)n2cnc(NC(=O)[C@H](C)NC3CCc4cc(F)cc(F)c4C3)c2)cc1. The van der Waals surface area contributed by atoms with E-state index in [9.17, 15) is 18.4 Å². The molecule has 1 aromatic heterocycles. The Morgan fingerprint density at radius 1 is 1.19 bits per heavy atom. The summed E-state index contributed by atoms with van der Waals surface area (Å²) in [6.45, 7) is 7.71. The first kappa shape index (κ1) is 26.5. The molecule has 1 heterocycles. The van der Waals surface area contributed by atoms with Crippen LogP contribution in [0.1, 0.15) is 49.4 Å². The summed E-state index contributed by atoms with van der Waals surface area (Å²) in [5.74, 6) is -1.26. The Labute approximate surface area is 215 Å². The van der Waals surface area contributed by atoms with E-state index in [-0.39, 0.29) is 17.9 Å². The third-order valence-corrected chi connectivity index (χ3v) is 6.95. The number of imidazole rings is 1. The van der Waals surface area contributed by atoms with Crippen molar-refractivity contribution in [3.05, 3.63) is 82.8 Å². The maximum absolute atomic E-state index is 14.2. The molecule has 4 rings (SSSR count). The fraction of sp³-hybridized carbons (Fsp3) is 0.393. The van der Waals surface area contributed by atoms with Gasteiger partial charge in [-0.25, -0.2) is 13.8 Å². The smallest absolute Gasteiger partial charge is 0.245 e. The van der Waals surface area contributed by atoms with Gasteiger partial charge in [0.05, 0.1) is 12.4 Å². The van der Waals surface area contributed by atoms with Crippen LogP contribution in [0.2, 0.25) is 0 Å². The Bertz CT molecular complexity index is 1290. The lowest BCUT2D eigenvalue weighted by molar-refractivity contribution is -0.128. The van der Waals surface area contributed by atoms with Crippen LogP contribution in [-0.4, -0.2) is 33.4 Å². The lowest BCUT2D eigenvalue weighted by Gasteiger charge is -2.28. The number of carbonyl (C=O) groups excluding carboxylic acids is 2. The largest absolute Gasteiger partial charge is 0.350 e. The average Bonchev–Trinajstić information content (AvgIpc) is 3.33. The van der Waals surface area contributed by atoms with Crippen LogP contribution >= 0.6 is 0 Å². The number of aromatic nitrogens is 2. The van der Waals surface area contributed by atoms with E-state index in [1.165, 1.54) is 12.4 Å². The zero-order valence-electron chi connectivity index (χ0n) is 21.6. The lowest BCUT2D eigenvalue weighted by Crippen LogP contribution is -2.46. The minimum Gasteiger partial charge on any atom is -0.350 e.